The molecule has 3 nitrogen and oxygen atoms in total. The van der Waals surface area contributed by atoms with E-state index in [1.807, 2.05) is 43.3 Å². The summed E-state index contributed by atoms with van der Waals surface area (Å²) < 4.78 is 5.56. The van der Waals surface area contributed by atoms with Crippen LogP contribution in [0.5, 0.6) is 5.75 Å². The largest absolute Gasteiger partial charge is 0.479 e. The fourth-order valence-corrected chi connectivity index (χ4v) is 1.85. The topological polar surface area (TPSA) is 38.3 Å². The quantitative estimate of drug-likeness (QED) is 0.922. The number of halogens is 1. The third kappa shape index (κ3) is 3.75. The van der Waals surface area contributed by atoms with Crippen molar-refractivity contribution in [2.75, 3.05) is 5.32 Å². The van der Waals surface area contributed by atoms with Crippen LogP contribution in [-0.2, 0) is 4.79 Å². The van der Waals surface area contributed by atoms with Gasteiger partial charge in [0.2, 0.25) is 0 Å². The molecule has 2 aromatic rings. The van der Waals surface area contributed by atoms with Crippen LogP contribution in [0.1, 0.15) is 12.5 Å². The summed E-state index contributed by atoms with van der Waals surface area (Å²) in [6.45, 7) is 3.68. The van der Waals surface area contributed by atoms with E-state index in [0.717, 1.165) is 11.3 Å². The van der Waals surface area contributed by atoms with Gasteiger partial charge in [-0.1, -0.05) is 41.4 Å². The average molecular weight is 290 g/mol. The van der Waals surface area contributed by atoms with Gasteiger partial charge in [0.1, 0.15) is 5.75 Å². The molecule has 0 fully saturated rings. The minimum absolute atomic E-state index is 0.214. The number of hydrogen-bond donors (Lipinski definition) is 1. The van der Waals surface area contributed by atoms with Crippen molar-refractivity contribution >= 4 is 23.2 Å². The Morgan fingerprint density at radius 2 is 1.80 bits per heavy atom. The highest BCUT2D eigenvalue weighted by Crippen LogP contribution is 2.24. The van der Waals surface area contributed by atoms with Crippen LogP contribution >= 0.6 is 11.6 Å². The second-order valence-corrected chi connectivity index (χ2v) is 4.95. The van der Waals surface area contributed by atoms with E-state index in [9.17, 15) is 4.79 Å². The van der Waals surface area contributed by atoms with Crippen LogP contribution in [0.2, 0.25) is 5.02 Å². The molecule has 0 spiro atoms. The van der Waals surface area contributed by atoms with Crippen molar-refractivity contribution in [2.24, 2.45) is 0 Å². The molecule has 2 rings (SSSR count). The van der Waals surface area contributed by atoms with Gasteiger partial charge >= 0.3 is 0 Å². The molecule has 1 amide bonds. The predicted molar refractivity (Wildman–Crippen MR) is 81.4 cm³/mol. The Bertz CT molecular complexity index is 596. The molecule has 0 heterocycles. The number of aryl methyl sites for hydroxylation is 1. The van der Waals surface area contributed by atoms with Gasteiger partial charge in [0.15, 0.2) is 6.10 Å². The predicted octanol–water partition coefficient (Wildman–Crippen LogP) is 4.05. The number of para-hydroxylation sites is 1. The van der Waals surface area contributed by atoms with Gasteiger partial charge in [-0.3, -0.25) is 4.79 Å². The van der Waals surface area contributed by atoms with Crippen LogP contribution in [0.4, 0.5) is 5.69 Å². The molecule has 1 N–H and O–H groups in total. The first kappa shape index (κ1) is 14.4. The van der Waals surface area contributed by atoms with Crippen molar-refractivity contribution in [2.45, 2.75) is 20.0 Å². The lowest BCUT2D eigenvalue weighted by molar-refractivity contribution is -0.122. The first-order chi connectivity index (χ1) is 9.56. The van der Waals surface area contributed by atoms with Gasteiger partial charge in [0.05, 0.1) is 5.02 Å². The van der Waals surface area contributed by atoms with Crippen molar-refractivity contribution in [1.82, 2.24) is 0 Å². The minimum Gasteiger partial charge on any atom is -0.479 e. The third-order valence-corrected chi connectivity index (χ3v) is 3.14. The Labute approximate surface area is 123 Å². The maximum absolute atomic E-state index is 12.0. The summed E-state index contributed by atoms with van der Waals surface area (Å²) >= 11 is 5.99. The van der Waals surface area contributed by atoms with Gasteiger partial charge in [-0.15, -0.1) is 0 Å². The van der Waals surface area contributed by atoms with Crippen molar-refractivity contribution in [3.8, 4) is 5.75 Å². The highest BCUT2D eigenvalue weighted by Gasteiger charge is 2.15. The number of amides is 1. The summed E-state index contributed by atoms with van der Waals surface area (Å²) in [6, 6.07) is 14.7. The number of anilines is 1. The first-order valence-electron chi connectivity index (χ1n) is 6.35. The lowest BCUT2D eigenvalue weighted by atomic mass is 10.2. The van der Waals surface area contributed by atoms with E-state index in [0.29, 0.717) is 10.8 Å². The standard InChI is InChI=1S/C16H16ClNO2/c1-11-7-9-13(10-8-11)18-16(19)12(2)20-15-6-4-3-5-14(15)17/h3-10,12H,1-2H3,(H,18,19)/t12-/m0/s1. The van der Waals surface area contributed by atoms with Crippen LogP contribution in [-0.4, -0.2) is 12.0 Å². The highest BCUT2D eigenvalue weighted by atomic mass is 35.5. The summed E-state index contributed by atoms with van der Waals surface area (Å²) in [4.78, 5) is 12.0. The molecule has 104 valence electrons. The molecule has 0 aliphatic rings. The highest BCUT2D eigenvalue weighted by molar-refractivity contribution is 6.32. The molecule has 20 heavy (non-hydrogen) atoms. The molecule has 0 aliphatic carbocycles. The minimum atomic E-state index is -0.629. The Kier molecular flexibility index (Phi) is 4.64. The number of carbonyl (C=O) groups is 1. The zero-order valence-electron chi connectivity index (χ0n) is 11.4. The fraction of sp³-hybridized carbons (Fsp3) is 0.188. The SMILES string of the molecule is Cc1ccc(NC(=O)[C@H](C)Oc2ccccc2Cl)cc1. The zero-order valence-corrected chi connectivity index (χ0v) is 12.1. The molecule has 0 radical (unpaired) electrons. The van der Waals surface area contributed by atoms with Crippen LogP contribution in [0.25, 0.3) is 0 Å². The average Bonchev–Trinajstić information content (AvgIpc) is 2.44. The summed E-state index contributed by atoms with van der Waals surface area (Å²) in [5.74, 6) is 0.287. The Morgan fingerprint density at radius 3 is 2.45 bits per heavy atom. The van der Waals surface area contributed by atoms with E-state index in [2.05, 4.69) is 5.32 Å². The lowest BCUT2D eigenvalue weighted by Gasteiger charge is -2.15. The van der Waals surface area contributed by atoms with E-state index in [-0.39, 0.29) is 5.91 Å². The van der Waals surface area contributed by atoms with E-state index in [1.165, 1.54) is 0 Å². The van der Waals surface area contributed by atoms with Gasteiger partial charge in [0.25, 0.3) is 5.91 Å². The Balaban J connectivity index is 1.99. The summed E-state index contributed by atoms with van der Waals surface area (Å²) in [6.07, 6.45) is -0.629. The molecule has 0 bridgehead atoms. The molecule has 0 unspecified atom stereocenters. The van der Waals surface area contributed by atoms with Crippen LogP contribution < -0.4 is 10.1 Å². The molecule has 1 atom stereocenters. The maximum atomic E-state index is 12.0. The van der Waals surface area contributed by atoms with Gasteiger partial charge in [0, 0.05) is 5.69 Å². The normalized spacial score (nSPS) is 11.8. The van der Waals surface area contributed by atoms with E-state index in [1.54, 1.807) is 19.1 Å². The Morgan fingerprint density at radius 1 is 1.15 bits per heavy atom. The second-order valence-electron chi connectivity index (χ2n) is 4.55. The third-order valence-electron chi connectivity index (χ3n) is 2.83. The zero-order chi connectivity index (χ0) is 14.5. The lowest BCUT2D eigenvalue weighted by Crippen LogP contribution is -2.30. The number of hydrogen-bond acceptors (Lipinski definition) is 2. The van der Waals surface area contributed by atoms with Crippen molar-refractivity contribution < 1.29 is 9.53 Å². The molecule has 0 saturated carbocycles. The maximum Gasteiger partial charge on any atom is 0.265 e. The molecule has 4 heteroatoms. The molecule has 0 aliphatic heterocycles. The van der Waals surface area contributed by atoms with Crippen molar-refractivity contribution in [3.05, 3.63) is 59.1 Å². The second kappa shape index (κ2) is 6.44. The number of ether oxygens (including phenoxy) is 1. The molecular formula is C16H16ClNO2. The number of nitrogens with one attached hydrogen (secondary N) is 1. The van der Waals surface area contributed by atoms with Crippen LogP contribution in [0.15, 0.2) is 48.5 Å². The smallest absolute Gasteiger partial charge is 0.265 e. The van der Waals surface area contributed by atoms with Crippen LogP contribution in [0.3, 0.4) is 0 Å². The fourth-order valence-electron chi connectivity index (χ4n) is 1.67. The molecular weight excluding hydrogens is 274 g/mol. The molecule has 0 saturated heterocycles. The summed E-state index contributed by atoms with van der Waals surface area (Å²) in [5, 5.41) is 3.29. The Hall–Kier alpha value is -2.00. The monoisotopic (exact) mass is 289 g/mol. The number of carbonyl (C=O) groups excluding carboxylic acids is 1. The molecule has 0 aromatic heterocycles. The first-order valence-corrected chi connectivity index (χ1v) is 6.73. The number of benzene rings is 2. The van der Waals surface area contributed by atoms with E-state index in [4.69, 9.17) is 16.3 Å². The van der Waals surface area contributed by atoms with E-state index < -0.39 is 6.10 Å². The van der Waals surface area contributed by atoms with Crippen molar-refractivity contribution in [3.63, 3.8) is 0 Å². The van der Waals surface area contributed by atoms with Gasteiger partial charge < -0.3 is 10.1 Å². The van der Waals surface area contributed by atoms with Gasteiger partial charge in [-0.2, -0.15) is 0 Å². The van der Waals surface area contributed by atoms with Gasteiger partial charge in [-0.25, -0.2) is 0 Å². The summed E-state index contributed by atoms with van der Waals surface area (Å²) in [5.41, 5.74) is 1.89. The van der Waals surface area contributed by atoms with Crippen LogP contribution in [0, 0.1) is 6.92 Å². The molecule has 2 aromatic carbocycles. The number of rotatable bonds is 4. The van der Waals surface area contributed by atoms with Crippen molar-refractivity contribution in [1.29, 1.82) is 0 Å². The van der Waals surface area contributed by atoms with E-state index >= 15 is 0 Å². The van der Waals surface area contributed by atoms with Gasteiger partial charge in [-0.05, 0) is 38.1 Å². The summed E-state index contributed by atoms with van der Waals surface area (Å²) in [7, 11) is 0.